The van der Waals surface area contributed by atoms with Gasteiger partial charge in [0.2, 0.25) is 0 Å². The number of rotatable bonds is 8. The lowest BCUT2D eigenvalue weighted by Gasteiger charge is -2.09. The van der Waals surface area contributed by atoms with Crippen molar-refractivity contribution in [2.24, 2.45) is 5.10 Å². The molecule has 0 aliphatic carbocycles. The second kappa shape index (κ2) is 11.2. The Kier molecular flexibility index (Phi) is 7.45. The molecule has 0 saturated heterocycles. The van der Waals surface area contributed by atoms with Crippen LogP contribution < -0.4 is 15.5 Å². The van der Waals surface area contributed by atoms with Gasteiger partial charge in [-0.25, -0.2) is 10.2 Å². The molecular formula is C26H18N4O7. The van der Waals surface area contributed by atoms with Crippen molar-refractivity contribution in [1.82, 2.24) is 5.43 Å². The van der Waals surface area contributed by atoms with Crippen LogP contribution in [0.1, 0.15) is 36.8 Å². The highest BCUT2D eigenvalue weighted by Gasteiger charge is 2.16. The van der Waals surface area contributed by atoms with E-state index in [2.05, 4.69) is 15.8 Å². The molecule has 0 saturated carbocycles. The Morgan fingerprint density at radius 3 is 2.35 bits per heavy atom. The standard InChI is InChI=1S/C26H18N4O7/c31-24(20-7-2-3-8-21(20)28-25(32)23-10-5-15-36-23)29-27-16-18-6-1-4-9-22(18)37-26(33)17-11-13-19(14-12-17)30(34)35/h1-16H,(H,28,32)(H,29,31)/b27-16-. The number of ether oxygens (including phenoxy) is 1. The number of furan rings is 1. The molecule has 0 fully saturated rings. The fraction of sp³-hybridized carbons (Fsp3) is 0. The second-order valence-corrected chi connectivity index (χ2v) is 7.41. The van der Waals surface area contributed by atoms with Gasteiger partial charge in [0.05, 0.1) is 34.2 Å². The molecule has 1 heterocycles. The third-order valence-corrected chi connectivity index (χ3v) is 4.97. The molecule has 11 nitrogen and oxygen atoms in total. The van der Waals surface area contributed by atoms with Crippen LogP contribution in [0.4, 0.5) is 11.4 Å². The van der Waals surface area contributed by atoms with E-state index in [-0.39, 0.29) is 34.0 Å². The van der Waals surface area contributed by atoms with Crippen molar-refractivity contribution in [1.29, 1.82) is 0 Å². The van der Waals surface area contributed by atoms with E-state index in [1.165, 1.54) is 54.9 Å². The summed E-state index contributed by atoms with van der Waals surface area (Å²) in [5.74, 6) is -1.58. The maximum absolute atomic E-state index is 12.7. The monoisotopic (exact) mass is 498 g/mol. The average molecular weight is 498 g/mol. The van der Waals surface area contributed by atoms with Crippen LogP contribution in [0.3, 0.4) is 0 Å². The van der Waals surface area contributed by atoms with Crippen LogP contribution in [0.15, 0.2) is 101 Å². The average Bonchev–Trinajstić information content (AvgIpc) is 3.45. The van der Waals surface area contributed by atoms with Gasteiger partial charge in [-0.15, -0.1) is 0 Å². The minimum atomic E-state index is -0.721. The van der Waals surface area contributed by atoms with E-state index in [4.69, 9.17) is 9.15 Å². The number of carbonyl (C=O) groups excluding carboxylic acids is 3. The van der Waals surface area contributed by atoms with Crippen LogP contribution in [-0.2, 0) is 0 Å². The molecule has 0 atom stereocenters. The SMILES string of the molecule is O=C(Oc1ccccc1/C=N\NC(=O)c1ccccc1NC(=O)c1ccco1)c1ccc([N+](=O)[O-])cc1. The fourth-order valence-electron chi connectivity index (χ4n) is 3.16. The van der Waals surface area contributed by atoms with Crippen molar-refractivity contribution in [2.75, 3.05) is 5.32 Å². The number of non-ortho nitro benzene ring substituents is 1. The first-order valence-electron chi connectivity index (χ1n) is 10.8. The van der Waals surface area contributed by atoms with Gasteiger partial charge >= 0.3 is 5.97 Å². The first kappa shape index (κ1) is 24.5. The number of carbonyl (C=O) groups is 3. The van der Waals surface area contributed by atoms with Crippen LogP contribution in [0.5, 0.6) is 5.75 Å². The molecule has 0 bridgehead atoms. The summed E-state index contributed by atoms with van der Waals surface area (Å²) in [5.41, 5.74) is 3.16. The van der Waals surface area contributed by atoms with Crippen LogP contribution in [0, 0.1) is 10.1 Å². The number of benzene rings is 3. The number of nitro groups is 1. The number of hydrogen-bond acceptors (Lipinski definition) is 8. The Morgan fingerprint density at radius 1 is 0.892 bits per heavy atom. The van der Waals surface area contributed by atoms with Crippen LogP contribution >= 0.6 is 0 Å². The summed E-state index contributed by atoms with van der Waals surface area (Å²) in [4.78, 5) is 47.7. The van der Waals surface area contributed by atoms with Crippen LogP contribution in [0.25, 0.3) is 0 Å². The number of nitro benzene ring substituents is 1. The van der Waals surface area contributed by atoms with Gasteiger partial charge in [-0.05, 0) is 48.5 Å². The summed E-state index contributed by atoms with van der Waals surface area (Å²) >= 11 is 0. The van der Waals surface area contributed by atoms with Crippen molar-refractivity contribution < 1.29 is 28.5 Å². The molecule has 0 aliphatic heterocycles. The summed E-state index contributed by atoms with van der Waals surface area (Å²) in [5, 5.41) is 17.3. The Morgan fingerprint density at radius 2 is 1.62 bits per heavy atom. The lowest BCUT2D eigenvalue weighted by atomic mass is 10.1. The lowest BCUT2D eigenvalue weighted by Crippen LogP contribution is -2.21. The topological polar surface area (TPSA) is 153 Å². The number of anilines is 1. The molecule has 184 valence electrons. The Hall–Kier alpha value is -5.58. The molecule has 3 aromatic carbocycles. The Balaban J connectivity index is 1.43. The number of nitrogens with one attached hydrogen (secondary N) is 2. The van der Waals surface area contributed by atoms with Crippen molar-refractivity contribution in [3.8, 4) is 5.75 Å². The van der Waals surface area contributed by atoms with Crippen molar-refractivity contribution in [3.05, 3.63) is 124 Å². The largest absolute Gasteiger partial charge is 0.459 e. The lowest BCUT2D eigenvalue weighted by molar-refractivity contribution is -0.384. The minimum absolute atomic E-state index is 0.0908. The van der Waals surface area contributed by atoms with Crippen molar-refractivity contribution in [2.45, 2.75) is 0 Å². The number of amides is 2. The molecule has 0 aliphatic rings. The maximum atomic E-state index is 12.7. The van der Waals surface area contributed by atoms with Gasteiger partial charge in [0, 0.05) is 17.7 Å². The fourth-order valence-corrected chi connectivity index (χ4v) is 3.16. The molecular weight excluding hydrogens is 480 g/mol. The zero-order valence-electron chi connectivity index (χ0n) is 19.0. The molecule has 2 N–H and O–H groups in total. The molecule has 0 unspecified atom stereocenters. The van der Waals surface area contributed by atoms with Crippen molar-refractivity contribution in [3.63, 3.8) is 0 Å². The van der Waals surface area contributed by atoms with Crippen LogP contribution in [-0.4, -0.2) is 28.9 Å². The third kappa shape index (κ3) is 6.11. The second-order valence-electron chi connectivity index (χ2n) is 7.41. The molecule has 1 aromatic heterocycles. The Bertz CT molecular complexity index is 1480. The van der Waals surface area contributed by atoms with Gasteiger partial charge in [0.15, 0.2) is 5.76 Å². The van der Waals surface area contributed by atoms with Gasteiger partial charge in [-0.1, -0.05) is 24.3 Å². The predicted molar refractivity (Wildman–Crippen MR) is 133 cm³/mol. The number of para-hydroxylation sites is 2. The van der Waals surface area contributed by atoms with Gasteiger partial charge in [-0.3, -0.25) is 19.7 Å². The smallest absolute Gasteiger partial charge is 0.343 e. The van der Waals surface area contributed by atoms with E-state index in [9.17, 15) is 24.5 Å². The number of hydrazone groups is 1. The molecule has 2 amide bonds. The highest BCUT2D eigenvalue weighted by Crippen LogP contribution is 2.20. The van der Waals surface area contributed by atoms with E-state index >= 15 is 0 Å². The van der Waals surface area contributed by atoms with E-state index in [1.54, 1.807) is 42.5 Å². The highest BCUT2D eigenvalue weighted by molar-refractivity contribution is 6.08. The van der Waals surface area contributed by atoms with Gasteiger partial charge in [0.1, 0.15) is 5.75 Å². The van der Waals surface area contributed by atoms with Gasteiger partial charge in [-0.2, -0.15) is 5.10 Å². The zero-order valence-corrected chi connectivity index (χ0v) is 19.0. The Labute approximate surface area is 209 Å². The van der Waals surface area contributed by atoms with E-state index in [0.717, 1.165) is 0 Å². The van der Waals surface area contributed by atoms with Gasteiger partial charge < -0.3 is 14.5 Å². The quantitative estimate of drug-likeness (QED) is 0.120. The molecule has 4 rings (SSSR count). The molecule has 4 aromatic rings. The van der Waals surface area contributed by atoms with E-state index < -0.39 is 22.7 Å². The summed E-state index contributed by atoms with van der Waals surface area (Å²) in [7, 11) is 0. The first-order valence-corrected chi connectivity index (χ1v) is 10.8. The van der Waals surface area contributed by atoms with E-state index in [0.29, 0.717) is 5.56 Å². The summed E-state index contributed by atoms with van der Waals surface area (Å²) in [6.45, 7) is 0. The number of esters is 1. The van der Waals surface area contributed by atoms with Crippen molar-refractivity contribution >= 4 is 35.4 Å². The normalized spacial score (nSPS) is 10.6. The first-order chi connectivity index (χ1) is 17.9. The summed E-state index contributed by atoms with van der Waals surface area (Å²) < 4.78 is 10.5. The van der Waals surface area contributed by atoms with E-state index in [1.807, 2.05) is 0 Å². The highest BCUT2D eigenvalue weighted by atomic mass is 16.6. The summed E-state index contributed by atoms with van der Waals surface area (Å²) in [6, 6.07) is 20.9. The zero-order chi connectivity index (χ0) is 26.2. The molecule has 37 heavy (non-hydrogen) atoms. The molecule has 11 heteroatoms. The minimum Gasteiger partial charge on any atom is -0.459 e. The molecule has 0 radical (unpaired) electrons. The number of nitrogens with zero attached hydrogens (tertiary/aromatic N) is 2. The molecule has 0 spiro atoms. The number of hydrogen-bond donors (Lipinski definition) is 2. The predicted octanol–water partition coefficient (Wildman–Crippen LogP) is 4.42. The third-order valence-electron chi connectivity index (χ3n) is 4.97. The van der Waals surface area contributed by atoms with Crippen LogP contribution in [0.2, 0.25) is 0 Å². The van der Waals surface area contributed by atoms with Gasteiger partial charge in [0.25, 0.3) is 17.5 Å². The maximum Gasteiger partial charge on any atom is 0.343 e. The summed E-state index contributed by atoms with van der Waals surface area (Å²) in [6.07, 6.45) is 2.66.